The Labute approximate surface area is 72.9 Å². The van der Waals surface area contributed by atoms with Crippen LogP contribution in [0.25, 0.3) is 0 Å². The zero-order valence-corrected chi connectivity index (χ0v) is 7.68. The smallest absolute Gasteiger partial charge is 0.315 e. The molecule has 2 fully saturated rings. The molecule has 2 amide bonds. The number of amides is 2. The summed E-state index contributed by atoms with van der Waals surface area (Å²) in [5.74, 6) is 1.35. The Bertz CT molecular complexity index is 217. The summed E-state index contributed by atoms with van der Waals surface area (Å²) in [5.41, 5.74) is 0.0799. The number of carbonyl (C=O) groups excluding carboxylic acids is 1. The topological polar surface area (TPSA) is 41.1 Å². The first kappa shape index (κ1) is 7.90. The molecule has 2 aliphatic rings. The predicted molar refractivity (Wildman–Crippen MR) is 46.8 cm³/mol. The number of nitrogens with one attached hydrogen (secondary N) is 2. The number of rotatable bonds is 0. The van der Waals surface area contributed by atoms with E-state index in [4.69, 9.17) is 0 Å². The molecule has 1 aliphatic heterocycles. The van der Waals surface area contributed by atoms with Crippen molar-refractivity contribution in [3.8, 4) is 0 Å². The molecular formula is C9H16N2O. The minimum Gasteiger partial charge on any atom is -0.336 e. The molecule has 12 heavy (non-hydrogen) atoms. The van der Waals surface area contributed by atoms with Crippen molar-refractivity contribution in [1.82, 2.24) is 10.6 Å². The highest BCUT2D eigenvalue weighted by Crippen LogP contribution is 2.40. The lowest BCUT2D eigenvalue weighted by molar-refractivity contribution is 0.236. The van der Waals surface area contributed by atoms with Crippen LogP contribution in [0.5, 0.6) is 0 Å². The van der Waals surface area contributed by atoms with E-state index >= 15 is 0 Å². The van der Waals surface area contributed by atoms with Crippen LogP contribution in [0, 0.1) is 11.8 Å². The van der Waals surface area contributed by atoms with Crippen LogP contribution in [-0.2, 0) is 0 Å². The van der Waals surface area contributed by atoms with Gasteiger partial charge in [0.15, 0.2) is 0 Å². The molecule has 1 aliphatic carbocycles. The zero-order valence-electron chi connectivity index (χ0n) is 7.68. The van der Waals surface area contributed by atoms with Crippen molar-refractivity contribution in [1.29, 1.82) is 0 Å². The molecular weight excluding hydrogens is 152 g/mol. The van der Waals surface area contributed by atoms with Crippen LogP contribution >= 0.6 is 0 Å². The third-order valence-corrected chi connectivity index (χ3v) is 3.70. The van der Waals surface area contributed by atoms with Gasteiger partial charge in [0, 0.05) is 6.54 Å². The first-order valence-corrected chi connectivity index (χ1v) is 4.70. The van der Waals surface area contributed by atoms with E-state index in [9.17, 15) is 4.79 Å². The fourth-order valence-corrected chi connectivity index (χ4v) is 2.49. The van der Waals surface area contributed by atoms with E-state index < -0.39 is 0 Å². The SMILES string of the molecule is CC1CCC2(CNC(=O)N2)C1C. The molecule has 1 heterocycles. The van der Waals surface area contributed by atoms with Crippen LogP contribution in [0.4, 0.5) is 4.79 Å². The van der Waals surface area contributed by atoms with Crippen LogP contribution in [0.1, 0.15) is 26.7 Å². The van der Waals surface area contributed by atoms with Crippen molar-refractivity contribution in [2.75, 3.05) is 6.54 Å². The van der Waals surface area contributed by atoms with Crippen molar-refractivity contribution >= 4 is 6.03 Å². The molecule has 3 heteroatoms. The van der Waals surface area contributed by atoms with Gasteiger partial charge in [0.05, 0.1) is 5.54 Å². The van der Waals surface area contributed by atoms with Crippen LogP contribution in [0.2, 0.25) is 0 Å². The van der Waals surface area contributed by atoms with Crippen LogP contribution in [0.15, 0.2) is 0 Å². The van der Waals surface area contributed by atoms with E-state index in [1.54, 1.807) is 0 Å². The van der Waals surface area contributed by atoms with Gasteiger partial charge in [0.25, 0.3) is 0 Å². The van der Waals surface area contributed by atoms with Gasteiger partial charge < -0.3 is 10.6 Å². The quantitative estimate of drug-likeness (QED) is 0.559. The Morgan fingerprint density at radius 2 is 2.25 bits per heavy atom. The summed E-state index contributed by atoms with van der Waals surface area (Å²) in [7, 11) is 0. The maximum Gasteiger partial charge on any atom is 0.315 e. The fourth-order valence-electron chi connectivity index (χ4n) is 2.49. The number of urea groups is 1. The van der Waals surface area contributed by atoms with Gasteiger partial charge in [-0.2, -0.15) is 0 Å². The van der Waals surface area contributed by atoms with Crippen molar-refractivity contribution in [2.45, 2.75) is 32.2 Å². The lowest BCUT2D eigenvalue weighted by Gasteiger charge is -2.28. The largest absolute Gasteiger partial charge is 0.336 e. The molecule has 0 aromatic carbocycles. The summed E-state index contributed by atoms with van der Waals surface area (Å²) in [4.78, 5) is 11.0. The lowest BCUT2D eigenvalue weighted by atomic mass is 9.86. The molecule has 1 saturated heterocycles. The normalized spacial score (nSPS) is 46.3. The maximum atomic E-state index is 11.0. The molecule has 2 rings (SSSR count). The van der Waals surface area contributed by atoms with Crippen molar-refractivity contribution in [3.63, 3.8) is 0 Å². The van der Waals surface area contributed by atoms with Crippen LogP contribution in [-0.4, -0.2) is 18.1 Å². The van der Waals surface area contributed by atoms with Gasteiger partial charge in [0.1, 0.15) is 0 Å². The molecule has 1 spiro atoms. The van der Waals surface area contributed by atoms with E-state index in [2.05, 4.69) is 24.5 Å². The van der Waals surface area contributed by atoms with E-state index in [0.717, 1.165) is 18.9 Å². The van der Waals surface area contributed by atoms with E-state index in [1.807, 2.05) is 0 Å². The summed E-state index contributed by atoms with van der Waals surface area (Å²) in [6.45, 7) is 5.33. The second kappa shape index (κ2) is 2.38. The molecule has 0 aromatic heterocycles. The first-order chi connectivity index (χ1) is 5.64. The minimum absolute atomic E-state index is 0.0101. The standard InChI is InChI=1S/C9H16N2O/c1-6-3-4-9(7(6)2)5-10-8(12)11-9/h6-7H,3-5H2,1-2H3,(H2,10,11,12). The molecule has 3 nitrogen and oxygen atoms in total. The summed E-state index contributed by atoms with van der Waals surface area (Å²) >= 11 is 0. The van der Waals surface area contributed by atoms with Crippen molar-refractivity contribution < 1.29 is 4.79 Å². The summed E-state index contributed by atoms with van der Waals surface area (Å²) in [6.07, 6.45) is 2.37. The summed E-state index contributed by atoms with van der Waals surface area (Å²) < 4.78 is 0. The fraction of sp³-hybridized carbons (Fsp3) is 0.889. The van der Waals surface area contributed by atoms with E-state index in [-0.39, 0.29) is 11.6 Å². The number of carbonyl (C=O) groups is 1. The molecule has 3 unspecified atom stereocenters. The third kappa shape index (κ3) is 0.919. The van der Waals surface area contributed by atoms with Crippen molar-refractivity contribution in [3.05, 3.63) is 0 Å². The van der Waals surface area contributed by atoms with Gasteiger partial charge in [-0.3, -0.25) is 0 Å². The minimum atomic E-state index is 0.0101. The second-order valence-electron chi connectivity index (χ2n) is 4.27. The van der Waals surface area contributed by atoms with E-state index in [0.29, 0.717) is 5.92 Å². The zero-order chi connectivity index (χ0) is 8.77. The van der Waals surface area contributed by atoms with Gasteiger partial charge >= 0.3 is 6.03 Å². The Morgan fingerprint density at radius 1 is 1.50 bits per heavy atom. The Kier molecular flexibility index (Phi) is 1.56. The van der Waals surface area contributed by atoms with E-state index in [1.165, 1.54) is 6.42 Å². The second-order valence-corrected chi connectivity index (χ2v) is 4.27. The van der Waals surface area contributed by atoms with Gasteiger partial charge in [-0.05, 0) is 24.7 Å². The molecule has 2 N–H and O–H groups in total. The predicted octanol–water partition coefficient (Wildman–Crippen LogP) is 1.10. The number of hydrogen-bond acceptors (Lipinski definition) is 1. The molecule has 0 radical (unpaired) electrons. The highest BCUT2D eigenvalue weighted by molar-refractivity contribution is 5.77. The van der Waals surface area contributed by atoms with Gasteiger partial charge in [-0.15, -0.1) is 0 Å². The average molecular weight is 168 g/mol. The van der Waals surface area contributed by atoms with Crippen molar-refractivity contribution in [2.24, 2.45) is 11.8 Å². The highest BCUT2D eigenvalue weighted by Gasteiger charge is 2.48. The Hall–Kier alpha value is -0.730. The summed E-state index contributed by atoms with van der Waals surface area (Å²) in [5, 5.41) is 5.91. The van der Waals surface area contributed by atoms with Gasteiger partial charge in [-0.25, -0.2) is 4.79 Å². The monoisotopic (exact) mass is 168 g/mol. The first-order valence-electron chi connectivity index (χ1n) is 4.70. The lowest BCUT2D eigenvalue weighted by Crippen LogP contribution is -2.46. The Morgan fingerprint density at radius 3 is 2.67 bits per heavy atom. The third-order valence-electron chi connectivity index (χ3n) is 3.70. The van der Waals surface area contributed by atoms with Crippen LogP contribution < -0.4 is 10.6 Å². The van der Waals surface area contributed by atoms with Gasteiger partial charge in [-0.1, -0.05) is 13.8 Å². The Balaban J connectivity index is 2.17. The molecule has 0 aromatic rings. The van der Waals surface area contributed by atoms with Crippen LogP contribution in [0.3, 0.4) is 0 Å². The average Bonchev–Trinajstić information content (AvgIpc) is 2.53. The van der Waals surface area contributed by atoms with Gasteiger partial charge in [0.2, 0.25) is 0 Å². The maximum absolute atomic E-state index is 11.0. The highest BCUT2D eigenvalue weighted by atomic mass is 16.2. The summed E-state index contributed by atoms with van der Waals surface area (Å²) in [6, 6.07) is 0.0101. The molecule has 3 atom stereocenters. The molecule has 0 bridgehead atoms. The molecule has 68 valence electrons. The molecule has 1 saturated carbocycles. The number of hydrogen-bond donors (Lipinski definition) is 2.